The highest BCUT2D eigenvalue weighted by molar-refractivity contribution is 5.97. The molecule has 18 heavy (non-hydrogen) atoms. The molecule has 2 atom stereocenters. The molecule has 1 aromatic carbocycles. The number of hydrogen-bond acceptors (Lipinski definition) is 3. The van der Waals surface area contributed by atoms with E-state index in [1.54, 1.807) is 6.07 Å². The van der Waals surface area contributed by atoms with Crippen LogP contribution in [0.4, 0.5) is 0 Å². The van der Waals surface area contributed by atoms with Gasteiger partial charge in [0.2, 0.25) is 0 Å². The molecule has 2 N–H and O–H groups in total. The molecule has 96 valence electrons. The standard InChI is InChI=1S/C14H18N2O2/c1-9-3-2-4-12(13(9)17)14(18)16-7-10-5-15-6-11(10)8-16/h2-4,10-11,15,17H,5-8H2,1H3/t10-,11+. The molecule has 0 radical (unpaired) electrons. The van der Waals surface area contributed by atoms with Gasteiger partial charge in [0.15, 0.2) is 0 Å². The Morgan fingerprint density at radius 3 is 2.67 bits per heavy atom. The molecule has 4 nitrogen and oxygen atoms in total. The van der Waals surface area contributed by atoms with Crippen molar-refractivity contribution in [2.24, 2.45) is 11.8 Å². The van der Waals surface area contributed by atoms with Crippen LogP contribution >= 0.6 is 0 Å². The molecule has 0 saturated carbocycles. The summed E-state index contributed by atoms with van der Waals surface area (Å²) >= 11 is 0. The number of phenolic OH excluding ortho intramolecular Hbond substituents is 1. The van der Waals surface area contributed by atoms with Gasteiger partial charge in [0.25, 0.3) is 5.91 Å². The highest BCUT2D eigenvalue weighted by Gasteiger charge is 2.38. The lowest BCUT2D eigenvalue weighted by molar-refractivity contribution is 0.0778. The number of likely N-dealkylation sites (tertiary alicyclic amines) is 1. The summed E-state index contributed by atoms with van der Waals surface area (Å²) in [5, 5.41) is 13.3. The molecule has 0 aliphatic carbocycles. The van der Waals surface area contributed by atoms with Crippen LogP contribution in [0.15, 0.2) is 18.2 Å². The Morgan fingerprint density at radius 2 is 2.00 bits per heavy atom. The maximum absolute atomic E-state index is 12.4. The van der Waals surface area contributed by atoms with Gasteiger partial charge in [-0.3, -0.25) is 4.79 Å². The number of aryl methyl sites for hydroxylation is 1. The van der Waals surface area contributed by atoms with E-state index in [0.717, 1.165) is 31.7 Å². The first-order chi connectivity index (χ1) is 8.66. The first kappa shape index (κ1) is 11.5. The molecule has 1 aromatic rings. The normalized spacial score (nSPS) is 26.4. The molecular weight excluding hydrogens is 228 g/mol. The predicted octanol–water partition coefficient (Wildman–Crippen LogP) is 0.992. The molecule has 2 fully saturated rings. The molecule has 0 spiro atoms. The van der Waals surface area contributed by atoms with E-state index in [-0.39, 0.29) is 11.7 Å². The summed E-state index contributed by atoms with van der Waals surface area (Å²) in [7, 11) is 0. The van der Waals surface area contributed by atoms with Crippen LogP contribution < -0.4 is 5.32 Å². The van der Waals surface area contributed by atoms with Crippen molar-refractivity contribution in [3.63, 3.8) is 0 Å². The fraction of sp³-hybridized carbons (Fsp3) is 0.500. The average molecular weight is 246 g/mol. The SMILES string of the molecule is Cc1cccc(C(=O)N2C[C@H]3CNC[C@H]3C2)c1O. The van der Waals surface area contributed by atoms with Crippen molar-refractivity contribution >= 4 is 5.91 Å². The number of benzene rings is 1. The Morgan fingerprint density at radius 1 is 1.33 bits per heavy atom. The Bertz CT molecular complexity index is 475. The number of rotatable bonds is 1. The lowest BCUT2D eigenvalue weighted by Gasteiger charge is -2.18. The molecule has 4 heteroatoms. The van der Waals surface area contributed by atoms with Crippen molar-refractivity contribution in [1.82, 2.24) is 10.2 Å². The predicted molar refractivity (Wildman–Crippen MR) is 68.6 cm³/mol. The Kier molecular flexibility index (Phi) is 2.74. The van der Waals surface area contributed by atoms with E-state index >= 15 is 0 Å². The maximum atomic E-state index is 12.4. The van der Waals surface area contributed by atoms with Crippen LogP contribution in [0.5, 0.6) is 5.75 Å². The van der Waals surface area contributed by atoms with Crippen molar-refractivity contribution in [2.75, 3.05) is 26.2 Å². The number of phenols is 1. The first-order valence-electron chi connectivity index (χ1n) is 6.45. The lowest BCUT2D eigenvalue weighted by Crippen LogP contribution is -2.31. The van der Waals surface area contributed by atoms with E-state index in [1.165, 1.54) is 0 Å². The van der Waals surface area contributed by atoms with Crippen molar-refractivity contribution in [3.8, 4) is 5.75 Å². The topological polar surface area (TPSA) is 52.6 Å². The van der Waals surface area contributed by atoms with Gasteiger partial charge in [-0.1, -0.05) is 12.1 Å². The van der Waals surface area contributed by atoms with Gasteiger partial charge in [-0.25, -0.2) is 0 Å². The van der Waals surface area contributed by atoms with Crippen LogP contribution in [0, 0.1) is 18.8 Å². The fourth-order valence-electron chi connectivity index (χ4n) is 3.02. The number of carbonyl (C=O) groups excluding carboxylic acids is 1. The summed E-state index contributed by atoms with van der Waals surface area (Å²) in [5.41, 5.74) is 1.19. The fourth-order valence-corrected chi connectivity index (χ4v) is 3.02. The second-order valence-corrected chi connectivity index (χ2v) is 5.36. The molecule has 1 amide bonds. The van der Waals surface area contributed by atoms with E-state index < -0.39 is 0 Å². The largest absolute Gasteiger partial charge is 0.507 e. The summed E-state index contributed by atoms with van der Waals surface area (Å²) < 4.78 is 0. The van der Waals surface area contributed by atoms with Gasteiger partial charge in [-0.2, -0.15) is 0 Å². The molecule has 3 rings (SSSR count). The van der Waals surface area contributed by atoms with Crippen molar-refractivity contribution in [2.45, 2.75) is 6.92 Å². The number of nitrogens with zero attached hydrogens (tertiary/aromatic N) is 1. The number of para-hydroxylation sites is 1. The number of hydrogen-bond donors (Lipinski definition) is 2. The van der Waals surface area contributed by atoms with Gasteiger partial charge in [-0.15, -0.1) is 0 Å². The van der Waals surface area contributed by atoms with E-state index in [9.17, 15) is 9.90 Å². The monoisotopic (exact) mass is 246 g/mol. The van der Waals surface area contributed by atoms with Crippen LogP contribution in [0.1, 0.15) is 15.9 Å². The maximum Gasteiger partial charge on any atom is 0.257 e. The number of amides is 1. The third-order valence-corrected chi connectivity index (χ3v) is 4.14. The Balaban J connectivity index is 1.81. The van der Waals surface area contributed by atoms with E-state index in [2.05, 4.69) is 5.32 Å². The molecule has 0 aromatic heterocycles. The van der Waals surface area contributed by atoms with Gasteiger partial charge >= 0.3 is 0 Å². The highest BCUT2D eigenvalue weighted by atomic mass is 16.3. The zero-order chi connectivity index (χ0) is 12.7. The molecule has 0 unspecified atom stereocenters. The molecule has 2 saturated heterocycles. The minimum Gasteiger partial charge on any atom is -0.507 e. The molecule has 2 aliphatic rings. The average Bonchev–Trinajstić information content (AvgIpc) is 2.92. The van der Waals surface area contributed by atoms with Crippen molar-refractivity contribution in [3.05, 3.63) is 29.3 Å². The summed E-state index contributed by atoms with van der Waals surface area (Å²) in [6.07, 6.45) is 0. The summed E-state index contributed by atoms with van der Waals surface area (Å²) in [4.78, 5) is 14.3. The van der Waals surface area contributed by atoms with Crippen molar-refractivity contribution < 1.29 is 9.90 Å². The smallest absolute Gasteiger partial charge is 0.257 e. The molecular formula is C14H18N2O2. The van der Waals surface area contributed by atoms with Crippen LogP contribution in [-0.4, -0.2) is 42.1 Å². The Labute approximate surface area is 107 Å². The first-order valence-corrected chi connectivity index (χ1v) is 6.45. The molecule has 2 aliphatic heterocycles. The van der Waals surface area contributed by atoms with Crippen LogP contribution in [-0.2, 0) is 0 Å². The highest BCUT2D eigenvalue weighted by Crippen LogP contribution is 2.30. The number of nitrogens with one attached hydrogen (secondary N) is 1. The molecule has 0 bridgehead atoms. The van der Waals surface area contributed by atoms with E-state index in [0.29, 0.717) is 17.4 Å². The van der Waals surface area contributed by atoms with Gasteiger partial charge in [0, 0.05) is 26.2 Å². The summed E-state index contributed by atoms with van der Waals surface area (Å²) in [6.45, 7) is 5.45. The quantitative estimate of drug-likeness (QED) is 0.777. The number of aromatic hydroxyl groups is 1. The summed E-state index contributed by atoms with van der Waals surface area (Å²) in [5.74, 6) is 1.25. The number of fused-ring (bicyclic) bond motifs is 1. The number of carbonyl (C=O) groups is 1. The third kappa shape index (κ3) is 1.77. The van der Waals surface area contributed by atoms with Crippen LogP contribution in [0.25, 0.3) is 0 Å². The van der Waals surface area contributed by atoms with Gasteiger partial charge < -0.3 is 15.3 Å². The second kappa shape index (κ2) is 4.28. The molecule has 2 heterocycles. The second-order valence-electron chi connectivity index (χ2n) is 5.36. The van der Waals surface area contributed by atoms with Gasteiger partial charge in [-0.05, 0) is 30.4 Å². The van der Waals surface area contributed by atoms with Crippen LogP contribution in [0.2, 0.25) is 0 Å². The zero-order valence-corrected chi connectivity index (χ0v) is 10.5. The van der Waals surface area contributed by atoms with Crippen molar-refractivity contribution in [1.29, 1.82) is 0 Å². The summed E-state index contributed by atoms with van der Waals surface area (Å²) in [6, 6.07) is 5.34. The third-order valence-electron chi connectivity index (χ3n) is 4.14. The minimum atomic E-state index is -0.0365. The van der Waals surface area contributed by atoms with Crippen LogP contribution in [0.3, 0.4) is 0 Å². The Hall–Kier alpha value is -1.55. The zero-order valence-electron chi connectivity index (χ0n) is 10.5. The van der Waals surface area contributed by atoms with E-state index in [1.807, 2.05) is 24.0 Å². The van der Waals surface area contributed by atoms with Gasteiger partial charge in [0.05, 0.1) is 5.56 Å². The minimum absolute atomic E-state index is 0.0365. The van der Waals surface area contributed by atoms with E-state index in [4.69, 9.17) is 0 Å². The lowest BCUT2D eigenvalue weighted by atomic mass is 10.0. The van der Waals surface area contributed by atoms with Gasteiger partial charge in [0.1, 0.15) is 5.75 Å².